The molecule has 0 saturated heterocycles. The number of amides is 2. The number of hydrogen-bond donors (Lipinski definition) is 3. The summed E-state index contributed by atoms with van der Waals surface area (Å²) in [5.74, 6) is 0.701. The number of furan rings is 1. The number of nitrogens with zero attached hydrogens (tertiary/aromatic N) is 4. The summed E-state index contributed by atoms with van der Waals surface area (Å²) in [6.45, 7) is 6.06. The van der Waals surface area contributed by atoms with Crippen molar-refractivity contribution in [2.24, 2.45) is 0 Å². The van der Waals surface area contributed by atoms with Crippen LogP contribution in [0.3, 0.4) is 0 Å². The van der Waals surface area contributed by atoms with Gasteiger partial charge in [0.25, 0.3) is 0 Å². The quantitative estimate of drug-likeness (QED) is 0.306. The summed E-state index contributed by atoms with van der Waals surface area (Å²) < 4.78 is 13.2. The van der Waals surface area contributed by atoms with Crippen molar-refractivity contribution in [2.45, 2.75) is 45.1 Å². The van der Waals surface area contributed by atoms with Gasteiger partial charge in [0.1, 0.15) is 17.8 Å². The molecule has 6 rings (SSSR count). The van der Waals surface area contributed by atoms with Gasteiger partial charge in [-0.05, 0) is 30.5 Å². The van der Waals surface area contributed by atoms with Gasteiger partial charge in [0, 0.05) is 34.7 Å². The average molecular weight is 472 g/mol. The fourth-order valence-electron chi connectivity index (χ4n) is 4.29. The van der Waals surface area contributed by atoms with Crippen molar-refractivity contribution in [3.8, 4) is 11.1 Å². The van der Waals surface area contributed by atoms with Crippen LogP contribution < -0.4 is 16.4 Å². The monoisotopic (exact) mass is 471 g/mol. The molecule has 1 aliphatic carbocycles. The first-order valence-corrected chi connectivity index (χ1v) is 11.5. The zero-order chi connectivity index (χ0) is 24.3. The van der Waals surface area contributed by atoms with Gasteiger partial charge in [0.15, 0.2) is 5.58 Å². The molecular weight excluding hydrogens is 446 g/mol. The van der Waals surface area contributed by atoms with E-state index in [-0.39, 0.29) is 11.3 Å². The van der Waals surface area contributed by atoms with Crippen LogP contribution in [0.25, 0.3) is 33.1 Å². The number of urea groups is 1. The van der Waals surface area contributed by atoms with Gasteiger partial charge in [-0.25, -0.2) is 14.8 Å². The van der Waals surface area contributed by atoms with Crippen LogP contribution in [0.4, 0.5) is 22.2 Å². The molecule has 0 aliphatic heterocycles. The number of aromatic nitrogens is 4. The highest BCUT2D eigenvalue weighted by Gasteiger charge is 2.28. The Labute approximate surface area is 200 Å². The number of hydrogen-bond acceptors (Lipinski definition) is 7. The summed E-state index contributed by atoms with van der Waals surface area (Å²) in [5, 5.41) is 11.2. The van der Waals surface area contributed by atoms with E-state index in [1.165, 1.54) is 6.33 Å². The third-order valence-corrected chi connectivity index (χ3v) is 6.25. The highest BCUT2D eigenvalue weighted by Crippen LogP contribution is 2.44. The molecule has 4 N–H and O–H groups in total. The molecule has 1 saturated carbocycles. The zero-order valence-electron chi connectivity index (χ0n) is 19.6. The van der Waals surface area contributed by atoms with Gasteiger partial charge in [0.2, 0.25) is 5.88 Å². The van der Waals surface area contributed by atoms with Crippen LogP contribution in [0.2, 0.25) is 0 Å². The van der Waals surface area contributed by atoms with E-state index in [9.17, 15) is 4.79 Å². The van der Waals surface area contributed by atoms with Crippen molar-refractivity contribution >= 4 is 45.4 Å². The van der Waals surface area contributed by atoms with E-state index in [1.54, 1.807) is 12.3 Å². The third-order valence-electron chi connectivity index (χ3n) is 6.25. The number of carbonyl (C=O) groups excluding carboxylic acids is 1. The zero-order valence-corrected chi connectivity index (χ0v) is 19.6. The van der Waals surface area contributed by atoms with Gasteiger partial charge in [0.05, 0.1) is 23.0 Å². The van der Waals surface area contributed by atoms with Gasteiger partial charge in [-0.1, -0.05) is 32.0 Å². The molecule has 1 aliphatic rings. The van der Waals surface area contributed by atoms with E-state index < -0.39 is 6.03 Å². The lowest BCUT2D eigenvalue weighted by Gasteiger charge is -2.12. The Morgan fingerprint density at radius 1 is 1.14 bits per heavy atom. The summed E-state index contributed by atoms with van der Waals surface area (Å²) in [6.07, 6.45) is 7.43. The van der Waals surface area contributed by atoms with E-state index in [0.717, 1.165) is 46.1 Å². The average Bonchev–Trinajstić information content (AvgIpc) is 3.20. The number of benzene rings is 1. The number of carbonyl (C=O) groups is 1. The van der Waals surface area contributed by atoms with Gasteiger partial charge in [-0.2, -0.15) is 0 Å². The molecule has 178 valence electrons. The second-order valence-corrected chi connectivity index (χ2v) is 9.87. The van der Waals surface area contributed by atoms with Crippen molar-refractivity contribution in [3.63, 3.8) is 0 Å². The van der Waals surface area contributed by atoms with Gasteiger partial charge in [-0.15, -0.1) is 0 Å². The SMILES string of the molecule is CC(C)(C)c1cc(NC(=O)Nc2ccc(-c3cn(C4CC4)c4ncnc(N)c34)c3ccoc23)on1. The van der Waals surface area contributed by atoms with Crippen molar-refractivity contribution in [2.75, 3.05) is 16.4 Å². The third kappa shape index (κ3) is 3.67. The summed E-state index contributed by atoms with van der Waals surface area (Å²) in [7, 11) is 0. The lowest BCUT2D eigenvalue weighted by atomic mass is 9.92. The van der Waals surface area contributed by atoms with Gasteiger partial charge in [-0.3, -0.25) is 5.32 Å². The maximum Gasteiger partial charge on any atom is 0.326 e. The molecule has 4 heterocycles. The van der Waals surface area contributed by atoms with Crippen LogP contribution in [0, 0.1) is 0 Å². The minimum absolute atomic E-state index is 0.187. The number of nitrogens with two attached hydrogens (primary N) is 1. The highest BCUT2D eigenvalue weighted by molar-refractivity contribution is 6.11. The molecule has 0 radical (unpaired) electrons. The van der Waals surface area contributed by atoms with Crippen LogP contribution >= 0.6 is 0 Å². The Bertz CT molecular complexity index is 1580. The van der Waals surface area contributed by atoms with Crippen molar-refractivity contribution in [3.05, 3.63) is 48.7 Å². The summed E-state index contributed by atoms with van der Waals surface area (Å²) in [6, 6.07) is 7.31. The number of fused-ring (bicyclic) bond motifs is 2. The molecular formula is C25H25N7O3. The number of nitrogens with one attached hydrogen (secondary N) is 2. The van der Waals surface area contributed by atoms with Crippen molar-refractivity contribution < 1.29 is 13.7 Å². The second kappa shape index (κ2) is 7.59. The Hall–Kier alpha value is -4.34. The fourth-order valence-corrected chi connectivity index (χ4v) is 4.29. The first-order valence-electron chi connectivity index (χ1n) is 11.5. The number of rotatable bonds is 4. The molecule has 0 unspecified atom stereocenters. The fraction of sp³-hybridized carbons (Fsp3) is 0.280. The minimum atomic E-state index is -0.463. The Kier molecular flexibility index (Phi) is 4.60. The molecule has 0 atom stereocenters. The summed E-state index contributed by atoms with van der Waals surface area (Å²) in [5.41, 5.74) is 10.6. The highest BCUT2D eigenvalue weighted by atomic mass is 16.5. The second-order valence-electron chi connectivity index (χ2n) is 9.87. The topological polar surface area (TPSA) is 137 Å². The molecule has 0 spiro atoms. The predicted octanol–water partition coefficient (Wildman–Crippen LogP) is 5.69. The standard InChI is InChI=1S/C25H25N7O3/c1-25(2,3)18-10-19(35-31-18)30-24(33)29-17-7-6-14(15-8-9-34-21(15)17)16-11-32(13-4-5-13)23-20(16)22(26)27-12-28-23/h6-13H,4-5H2,1-3H3,(H2,26,27,28)(H2,29,30,33). The van der Waals surface area contributed by atoms with Crippen LogP contribution in [0.15, 0.2) is 52.0 Å². The maximum absolute atomic E-state index is 12.7. The minimum Gasteiger partial charge on any atom is -0.462 e. The van der Waals surface area contributed by atoms with Crippen LogP contribution in [0.1, 0.15) is 45.3 Å². The van der Waals surface area contributed by atoms with Crippen molar-refractivity contribution in [1.29, 1.82) is 0 Å². The molecule has 5 aromatic rings. The lowest BCUT2D eigenvalue weighted by molar-refractivity contribution is 0.261. The Morgan fingerprint density at radius 3 is 2.71 bits per heavy atom. The smallest absolute Gasteiger partial charge is 0.326 e. The summed E-state index contributed by atoms with van der Waals surface area (Å²) >= 11 is 0. The molecule has 1 fully saturated rings. The van der Waals surface area contributed by atoms with E-state index in [0.29, 0.717) is 23.1 Å². The normalized spacial score (nSPS) is 14.0. The predicted molar refractivity (Wildman–Crippen MR) is 133 cm³/mol. The molecule has 10 heteroatoms. The van der Waals surface area contributed by atoms with E-state index in [4.69, 9.17) is 14.7 Å². The Morgan fingerprint density at radius 2 is 1.97 bits per heavy atom. The lowest BCUT2D eigenvalue weighted by Crippen LogP contribution is -2.19. The van der Waals surface area contributed by atoms with E-state index >= 15 is 0 Å². The van der Waals surface area contributed by atoms with E-state index in [1.807, 2.05) is 39.0 Å². The van der Waals surface area contributed by atoms with Crippen LogP contribution in [-0.4, -0.2) is 25.7 Å². The molecule has 35 heavy (non-hydrogen) atoms. The maximum atomic E-state index is 12.7. The molecule has 2 amide bonds. The summed E-state index contributed by atoms with van der Waals surface area (Å²) in [4.78, 5) is 21.4. The van der Waals surface area contributed by atoms with Gasteiger partial charge >= 0.3 is 6.03 Å². The number of nitrogen functional groups attached to an aromatic ring is 1. The van der Waals surface area contributed by atoms with Crippen LogP contribution in [-0.2, 0) is 5.41 Å². The largest absolute Gasteiger partial charge is 0.462 e. The van der Waals surface area contributed by atoms with Gasteiger partial charge < -0.3 is 24.6 Å². The van der Waals surface area contributed by atoms with Crippen molar-refractivity contribution in [1.82, 2.24) is 19.7 Å². The molecule has 4 aromatic heterocycles. The number of anilines is 3. The molecule has 0 bridgehead atoms. The first-order chi connectivity index (χ1) is 16.8. The molecule has 1 aromatic carbocycles. The Balaban J connectivity index is 1.34. The molecule has 10 nitrogen and oxygen atoms in total. The van der Waals surface area contributed by atoms with E-state index in [2.05, 4.69) is 36.5 Å². The first kappa shape index (κ1) is 21.2. The van der Waals surface area contributed by atoms with Crippen LogP contribution in [0.5, 0.6) is 0 Å².